The summed E-state index contributed by atoms with van der Waals surface area (Å²) in [7, 11) is 0. The zero-order valence-electron chi connectivity index (χ0n) is 10.1. The van der Waals surface area contributed by atoms with Gasteiger partial charge in [-0.25, -0.2) is 4.98 Å². The highest BCUT2D eigenvalue weighted by molar-refractivity contribution is 9.10. The number of nitrogens with zero attached hydrogens (tertiary/aromatic N) is 1. The first-order chi connectivity index (χ1) is 8.78. The molecule has 18 heavy (non-hydrogen) atoms. The van der Waals surface area contributed by atoms with Gasteiger partial charge in [0.05, 0.1) is 6.61 Å². The Bertz CT molecular complexity index is 482. The largest absolute Gasteiger partial charge is 0.494 e. The number of aromatic nitrogens is 1. The first-order valence-electron chi connectivity index (χ1n) is 5.74. The van der Waals surface area contributed by atoms with E-state index in [4.69, 9.17) is 9.47 Å². The molecule has 94 valence electrons. The topological polar surface area (TPSA) is 31.4 Å². The van der Waals surface area contributed by atoms with Gasteiger partial charge in [0.1, 0.15) is 12.4 Å². The molecule has 0 atom stereocenters. The quantitative estimate of drug-likeness (QED) is 0.841. The summed E-state index contributed by atoms with van der Waals surface area (Å²) < 4.78 is 11.9. The molecule has 0 radical (unpaired) electrons. The molecule has 0 spiro atoms. The number of ether oxygens (including phenoxy) is 2. The van der Waals surface area contributed by atoms with Crippen LogP contribution < -0.4 is 9.47 Å². The average molecular weight is 308 g/mol. The van der Waals surface area contributed by atoms with Crippen molar-refractivity contribution in [3.8, 4) is 11.6 Å². The maximum Gasteiger partial charge on any atom is 0.213 e. The molecule has 1 heterocycles. The van der Waals surface area contributed by atoms with Crippen molar-refractivity contribution in [2.45, 2.75) is 13.5 Å². The molecule has 0 aliphatic carbocycles. The molecule has 0 saturated heterocycles. The number of benzene rings is 1. The molecule has 3 nitrogen and oxygen atoms in total. The molecule has 0 aliphatic rings. The average Bonchev–Trinajstić information content (AvgIpc) is 2.40. The Kier molecular flexibility index (Phi) is 4.59. The lowest BCUT2D eigenvalue weighted by Crippen LogP contribution is -1.97. The smallest absolute Gasteiger partial charge is 0.213 e. The van der Waals surface area contributed by atoms with E-state index in [1.165, 1.54) is 0 Å². The highest BCUT2D eigenvalue weighted by Crippen LogP contribution is 2.16. The Hall–Kier alpha value is -1.55. The molecule has 0 fully saturated rings. The minimum atomic E-state index is 0.501. The summed E-state index contributed by atoms with van der Waals surface area (Å²) in [6, 6.07) is 11.6. The van der Waals surface area contributed by atoms with Crippen LogP contribution in [0.25, 0.3) is 0 Å². The molecule has 2 aromatic rings. The summed E-state index contributed by atoms with van der Waals surface area (Å²) in [5.74, 6) is 1.50. The molecule has 0 unspecified atom stereocenters. The van der Waals surface area contributed by atoms with Crippen LogP contribution in [-0.4, -0.2) is 11.6 Å². The van der Waals surface area contributed by atoms with Gasteiger partial charge in [-0.1, -0.05) is 12.1 Å². The van der Waals surface area contributed by atoms with E-state index >= 15 is 0 Å². The Labute approximate surface area is 115 Å². The number of halogens is 1. The van der Waals surface area contributed by atoms with Gasteiger partial charge in [0.15, 0.2) is 0 Å². The molecular formula is C14H14BrNO2. The second kappa shape index (κ2) is 6.40. The fourth-order valence-corrected chi connectivity index (χ4v) is 1.69. The molecular weight excluding hydrogens is 294 g/mol. The van der Waals surface area contributed by atoms with E-state index in [-0.39, 0.29) is 0 Å². The monoisotopic (exact) mass is 307 g/mol. The van der Waals surface area contributed by atoms with Gasteiger partial charge in [-0.2, -0.15) is 0 Å². The summed E-state index contributed by atoms with van der Waals surface area (Å²) >= 11 is 3.33. The van der Waals surface area contributed by atoms with E-state index in [1.807, 2.05) is 43.3 Å². The van der Waals surface area contributed by atoms with Crippen LogP contribution in [0.1, 0.15) is 12.5 Å². The van der Waals surface area contributed by atoms with Crippen LogP contribution in [0.2, 0.25) is 0 Å². The summed E-state index contributed by atoms with van der Waals surface area (Å²) in [5, 5.41) is 0. The third-order valence-electron chi connectivity index (χ3n) is 2.32. The lowest BCUT2D eigenvalue weighted by atomic mass is 10.2. The third kappa shape index (κ3) is 3.74. The van der Waals surface area contributed by atoms with E-state index in [9.17, 15) is 0 Å². The SMILES string of the molecule is CCOc1ccc(COc2ccc(Br)cn2)cc1. The van der Waals surface area contributed by atoms with Gasteiger partial charge in [-0.15, -0.1) is 0 Å². The van der Waals surface area contributed by atoms with Crippen LogP contribution in [0.4, 0.5) is 0 Å². The van der Waals surface area contributed by atoms with Crippen molar-refractivity contribution < 1.29 is 9.47 Å². The van der Waals surface area contributed by atoms with Gasteiger partial charge in [0.2, 0.25) is 5.88 Å². The first kappa shape index (κ1) is 12.9. The van der Waals surface area contributed by atoms with Crippen LogP contribution in [0.15, 0.2) is 47.1 Å². The predicted molar refractivity (Wildman–Crippen MR) is 73.9 cm³/mol. The Morgan fingerprint density at radius 3 is 2.44 bits per heavy atom. The van der Waals surface area contributed by atoms with Crippen LogP contribution in [-0.2, 0) is 6.61 Å². The highest BCUT2D eigenvalue weighted by Gasteiger charge is 1.98. The van der Waals surface area contributed by atoms with Crippen LogP contribution in [0.5, 0.6) is 11.6 Å². The molecule has 0 saturated carbocycles. The molecule has 0 bridgehead atoms. The minimum Gasteiger partial charge on any atom is -0.494 e. The lowest BCUT2D eigenvalue weighted by molar-refractivity contribution is 0.293. The van der Waals surface area contributed by atoms with Gasteiger partial charge < -0.3 is 9.47 Å². The van der Waals surface area contributed by atoms with Crippen molar-refractivity contribution in [2.24, 2.45) is 0 Å². The van der Waals surface area contributed by atoms with Gasteiger partial charge in [-0.3, -0.25) is 0 Å². The van der Waals surface area contributed by atoms with Gasteiger partial charge in [-0.05, 0) is 46.6 Å². The summed E-state index contributed by atoms with van der Waals surface area (Å²) in [5.41, 5.74) is 1.09. The lowest BCUT2D eigenvalue weighted by Gasteiger charge is -2.07. The molecule has 0 aliphatic heterocycles. The fourth-order valence-electron chi connectivity index (χ4n) is 1.45. The molecule has 4 heteroatoms. The number of hydrogen-bond acceptors (Lipinski definition) is 3. The van der Waals surface area contributed by atoms with Crippen molar-refractivity contribution in [1.82, 2.24) is 4.98 Å². The van der Waals surface area contributed by atoms with Crippen molar-refractivity contribution >= 4 is 15.9 Å². The second-order valence-corrected chi connectivity index (χ2v) is 4.60. The predicted octanol–water partition coefficient (Wildman–Crippen LogP) is 3.82. The maximum absolute atomic E-state index is 5.57. The van der Waals surface area contributed by atoms with Gasteiger partial charge in [0, 0.05) is 16.7 Å². The van der Waals surface area contributed by atoms with Crippen molar-refractivity contribution in [2.75, 3.05) is 6.61 Å². The number of hydrogen-bond donors (Lipinski definition) is 0. The third-order valence-corrected chi connectivity index (χ3v) is 2.79. The van der Waals surface area contributed by atoms with E-state index in [0.29, 0.717) is 19.1 Å². The molecule has 0 N–H and O–H groups in total. The van der Waals surface area contributed by atoms with Gasteiger partial charge >= 0.3 is 0 Å². The minimum absolute atomic E-state index is 0.501. The van der Waals surface area contributed by atoms with Crippen LogP contribution >= 0.6 is 15.9 Å². The maximum atomic E-state index is 5.57. The summed E-state index contributed by atoms with van der Waals surface area (Å²) in [6.45, 7) is 3.15. The number of rotatable bonds is 5. The zero-order chi connectivity index (χ0) is 12.8. The molecule has 0 amide bonds. The molecule has 2 rings (SSSR count). The Morgan fingerprint density at radius 1 is 1.06 bits per heavy atom. The second-order valence-electron chi connectivity index (χ2n) is 3.68. The number of pyridine rings is 1. The van der Waals surface area contributed by atoms with Crippen LogP contribution in [0.3, 0.4) is 0 Å². The molecule has 1 aromatic heterocycles. The zero-order valence-corrected chi connectivity index (χ0v) is 11.7. The van der Waals surface area contributed by atoms with Crippen LogP contribution in [0, 0.1) is 0 Å². The highest BCUT2D eigenvalue weighted by atomic mass is 79.9. The summed E-state index contributed by atoms with van der Waals surface area (Å²) in [6.07, 6.45) is 1.72. The van der Waals surface area contributed by atoms with E-state index in [0.717, 1.165) is 15.8 Å². The normalized spacial score (nSPS) is 10.1. The van der Waals surface area contributed by atoms with E-state index in [2.05, 4.69) is 20.9 Å². The first-order valence-corrected chi connectivity index (χ1v) is 6.53. The Balaban J connectivity index is 1.91. The van der Waals surface area contributed by atoms with E-state index in [1.54, 1.807) is 6.20 Å². The van der Waals surface area contributed by atoms with E-state index < -0.39 is 0 Å². The van der Waals surface area contributed by atoms with Crippen molar-refractivity contribution in [1.29, 1.82) is 0 Å². The van der Waals surface area contributed by atoms with Crippen molar-refractivity contribution in [3.05, 3.63) is 52.6 Å². The Morgan fingerprint density at radius 2 is 1.83 bits per heavy atom. The summed E-state index contributed by atoms with van der Waals surface area (Å²) in [4.78, 5) is 4.15. The molecule has 1 aromatic carbocycles. The standard InChI is InChI=1S/C14H14BrNO2/c1-2-17-13-6-3-11(4-7-13)10-18-14-8-5-12(15)9-16-14/h3-9H,2,10H2,1H3. The fraction of sp³-hybridized carbons (Fsp3) is 0.214. The van der Waals surface area contributed by atoms with Gasteiger partial charge in [0.25, 0.3) is 0 Å². The van der Waals surface area contributed by atoms with Crippen molar-refractivity contribution in [3.63, 3.8) is 0 Å².